The third-order valence-electron chi connectivity index (χ3n) is 4.62. The van der Waals surface area contributed by atoms with E-state index in [9.17, 15) is 5.26 Å². The highest BCUT2D eigenvalue weighted by molar-refractivity contribution is 5.77. The summed E-state index contributed by atoms with van der Waals surface area (Å²) in [5.41, 5.74) is 4.81. The molecule has 120 valence electrons. The van der Waals surface area contributed by atoms with Crippen molar-refractivity contribution >= 4 is 11.2 Å². The van der Waals surface area contributed by atoms with Gasteiger partial charge in [-0.15, -0.1) is 10.2 Å². The van der Waals surface area contributed by atoms with Crippen molar-refractivity contribution in [2.45, 2.75) is 38.5 Å². The first-order valence-corrected chi connectivity index (χ1v) is 8.34. The van der Waals surface area contributed by atoms with Gasteiger partial charge in [0.2, 0.25) is 0 Å². The van der Waals surface area contributed by atoms with Gasteiger partial charge in [0.05, 0.1) is 11.8 Å². The predicted molar refractivity (Wildman–Crippen MR) is 90.3 cm³/mol. The Morgan fingerprint density at radius 3 is 3.00 bits per heavy atom. The molecule has 0 unspecified atom stereocenters. The van der Waals surface area contributed by atoms with Gasteiger partial charge in [-0.25, -0.2) is 0 Å². The Morgan fingerprint density at radius 2 is 2.25 bits per heavy atom. The zero-order valence-electron chi connectivity index (χ0n) is 13.4. The number of fused-ring (bicyclic) bond motifs is 1. The van der Waals surface area contributed by atoms with Gasteiger partial charge in [-0.2, -0.15) is 5.26 Å². The number of nitriles is 1. The molecule has 3 aromatic heterocycles. The first kappa shape index (κ1) is 14.7. The molecule has 1 aliphatic carbocycles. The lowest BCUT2D eigenvalue weighted by molar-refractivity contribution is 0.507. The average Bonchev–Trinajstić information content (AvgIpc) is 3.31. The van der Waals surface area contributed by atoms with Crippen LogP contribution in [0.5, 0.6) is 0 Å². The quantitative estimate of drug-likeness (QED) is 0.731. The third kappa shape index (κ3) is 2.61. The van der Waals surface area contributed by atoms with E-state index >= 15 is 0 Å². The molecule has 4 rings (SSSR count). The molecule has 0 saturated heterocycles. The summed E-state index contributed by atoms with van der Waals surface area (Å²) in [5.74, 6) is 0.916. The largest absolute Gasteiger partial charge is 0.469 e. The van der Waals surface area contributed by atoms with E-state index in [2.05, 4.69) is 22.3 Å². The fourth-order valence-electron chi connectivity index (χ4n) is 3.41. The molecule has 0 bridgehead atoms. The van der Waals surface area contributed by atoms with Crippen LogP contribution in [0.4, 0.5) is 0 Å². The summed E-state index contributed by atoms with van der Waals surface area (Å²) in [7, 11) is 0. The fourth-order valence-corrected chi connectivity index (χ4v) is 3.41. The van der Waals surface area contributed by atoms with E-state index in [4.69, 9.17) is 4.42 Å². The van der Waals surface area contributed by atoms with Crippen molar-refractivity contribution in [3.8, 4) is 6.07 Å². The monoisotopic (exact) mass is 318 g/mol. The average molecular weight is 318 g/mol. The molecule has 1 aliphatic rings. The number of aromatic nitrogens is 3. The SMILES string of the molecule is N#Cc1cc(C2=CCCCC2)c2nncn2c1CCc1ccco1. The van der Waals surface area contributed by atoms with E-state index in [1.165, 1.54) is 18.4 Å². The second-order valence-electron chi connectivity index (χ2n) is 6.11. The Kier molecular flexibility index (Phi) is 3.87. The summed E-state index contributed by atoms with van der Waals surface area (Å²) < 4.78 is 7.37. The smallest absolute Gasteiger partial charge is 0.168 e. The molecule has 24 heavy (non-hydrogen) atoms. The van der Waals surface area contributed by atoms with Gasteiger partial charge in [0.25, 0.3) is 0 Å². The van der Waals surface area contributed by atoms with Crippen LogP contribution in [-0.4, -0.2) is 14.6 Å². The lowest BCUT2D eigenvalue weighted by Crippen LogP contribution is -2.06. The van der Waals surface area contributed by atoms with Crippen molar-refractivity contribution in [1.29, 1.82) is 5.26 Å². The van der Waals surface area contributed by atoms with Crippen molar-refractivity contribution in [1.82, 2.24) is 14.6 Å². The zero-order chi connectivity index (χ0) is 16.4. The third-order valence-corrected chi connectivity index (χ3v) is 4.62. The Hall–Kier alpha value is -2.87. The minimum atomic E-state index is 0.690. The Balaban J connectivity index is 1.78. The summed E-state index contributed by atoms with van der Waals surface area (Å²) in [4.78, 5) is 0. The molecule has 3 aromatic rings. The van der Waals surface area contributed by atoms with E-state index in [0.717, 1.165) is 41.9 Å². The van der Waals surface area contributed by atoms with Gasteiger partial charge < -0.3 is 4.42 Å². The van der Waals surface area contributed by atoms with Crippen LogP contribution in [0.2, 0.25) is 0 Å². The van der Waals surface area contributed by atoms with Crippen LogP contribution in [-0.2, 0) is 12.8 Å². The molecular weight excluding hydrogens is 300 g/mol. The van der Waals surface area contributed by atoms with Crippen molar-refractivity contribution in [3.05, 3.63) is 59.4 Å². The van der Waals surface area contributed by atoms with Crippen LogP contribution >= 0.6 is 0 Å². The Labute approximate surface area is 140 Å². The van der Waals surface area contributed by atoms with E-state index in [0.29, 0.717) is 12.0 Å². The lowest BCUT2D eigenvalue weighted by atomic mass is 9.92. The topological polar surface area (TPSA) is 67.1 Å². The Morgan fingerprint density at radius 1 is 1.29 bits per heavy atom. The maximum atomic E-state index is 9.65. The van der Waals surface area contributed by atoms with Gasteiger partial charge in [-0.1, -0.05) is 6.08 Å². The standard InChI is InChI=1S/C19H18N4O/c20-12-15-11-17(14-5-2-1-3-6-14)19-22-21-13-23(19)18(15)9-8-16-7-4-10-24-16/h4-5,7,10-11,13H,1-3,6,8-9H2. The lowest BCUT2D eigenvalue weighted by Gasteiger charge is -2.16. The minimum Gasteiger partial charge on any atom is -0.469 e. The zero-order valence-corrected chi connectivity index (χ0v) is 13.4. The van der Waals surface area contributed by atoms with Gasteiger partial charge >= 0.3 is 0 Å². The van der Waals surface area contributed by atoms with Crippen molar-refractivity contribution in [2.24, 2.45) is 0 Å². The number of allylic oxidation sites excluding steroid dienone is 2. The van der Waals surface area contributed by atoms with Crippen LogP contribution in [0, 0.1) is 11.3 Å². The van der Waals surface area contributed by atoms with E-state index in [1.54, 1.807) is 12.6 Å². The maximum Gasteiger partial charge on any atom is 0.168 e. The predicted octanol–water partition coefficient (Wildman–Crippen LogP) is 3.94. The molecule has 0 amide bonds. The maximum absolute atomic E-state index is 9.65. The molecule has 5 nitrogen and oxygen atoms in total. The molecule has 0 aliphatic heterocycles. The molecule has 0 spiro atoms. The highest BCUT2D eigenvalue weighted by Crippen LogP contribution is 2.31. The molecule has 0 fully saturated rings. The van der Waals surface area contributed by atoms with Gasteiger partial charge in [0.15, 0.2) is 5.65 Å². The second kappa shape index (κ2) is 6.32. The van der Waals surface area contributed by atoms with Crippen LogP contribution in [0.1, 0.15) is 48.3 Å². The molecule has 0 radical (unpaired) electrons. The molecule has 0 atom stereocenters. The number of rotatable bonds is 4. The normalized spacial score (nSPS) is 14.5. The number of hydrogen-bond acceptors (Lipinski definition) is 4. The highest BCUT2D eigenvalue weighted by atomic mass is 16.3. The minimum absolute atomic E-state index is 0.690. The van der Waals surface area contributed by atoms with Crippen LogP contribution in [0.3, 0.4) is 0 Å². The van der Waals surface area contributed by atoms with E-state index in [1.807, 2.05) is 22.6 Å². The Bertz CT molecular complexity index is 928. The van der Waals surface area contributed by atoms with Crippen molar-refractivity contribution < 1.29 is 4.42 Å². The number of hydrogen-bond donors (Lipinski definition) is 0. The van der Waals surface area contributed by atoms with Gasteiger partial charge in [0.1, 0.15) is 18.2 Å². The first-order chi connectivity index (χ1) is 11.9. The van der Waals surface area contributed by atoms with E-state index in [-0.39, 0.29) is 0 Å². The number of aryl methyl sites for hydroxylation is 2. The summed E-state index contributed by atoms with van der Waals surface area (Å²) >= 11 is 0. The summed E-state index contributed by atoms with van der Waals surface area (Å²) in [6.45, 7) is 0. The second-order valence-corrected chi connectivity index (χ2v) is 6.11. The molecule has 5 heteroatoms. The van der Waals surface area contributed by atoms with Gasteiger partial charge in [-0.3, -0.25) is 4.40 Å². The summed E-state index contributed by atoms with van der Waals surface area (Å²) in [6.07, 6.45) is 11.7. The summed E-state index contributed by atoms with van der Waals surface area (Å²) in [5, 5.41) is 18.1. The molecule has 0 N–H and O–H groups in total. The van der Waals surface area contributed by atoms with Gasteiger partial charge in [0, 0.05) is 17.7 Å². The molecular formula is C19H18N4O. The van der Waals surface area contributed by atoms with Crippen molar-refractivity contribution in [2.75, 3.05) is 0 Å². The fraction of sp³-hybridized carbons (Fsp3) is 0.316. The van der Waals surface area contributed by atoms with Crippen LogP contribution in [0.25, 0.3) is 11.2 Å². The number of nitrogens with zero attached hydrogens (tertiary/aromatic N) is 4. The van der Waals surface area contributed by atoms with Crippen LogP contribution < -0.4 is 0 Å². The molecule has 0 saturated carbocycles. The first-order valence-electron chi connectivity index (χ1n) is 8.34. The molecule has 0 aromatic carbocycles. The summed E-state index contributed by atoms with van der Waals surface area (Å²) in [6, 6.07) is 8.18. The highest BCUT2D eigenvalue weighted by Gasteiger charge is 2.17. The number of pyridine rings is 1. The van der Waals surface area contributed by atoms with Gasteiger partial charge in [-0.05, 0) is 55.9 Å². The number of furan rings is 1. The van der Waals surface area contributed by atoms with Crippen molar-refractivity contribution in [3.63, 3.8) is 0 Å². The van der Waals surface area contributed by atoms with E-state index < -0.39 is 0 Å². The molecule has 3 heterocycles. The van der Waals surface area contributed by atoms with Crippen LogP contribution in [0.15, 0.2) is 41.3 Å².